The van der Waals surface area contributed by atoms with Gasteiger partial charge < -0.3 is 15.2 Å². The summed E-state index contributed by atoms with van der Waals surface area (Å²) in [4.78, 5) is 12.5. The number of hydrogen-bond acceptors (Lipinski definition) is 6. The van der Waals surface area contributed by atoms with Crippen LogP contribution in [0.4, 0.5) is 0 Å². The minimum atomic E-state index is -0.649. The Hall–Kier alpha value is -3.27. The van der Waals surface area contributed by atoms with Gasteiger partial charge in [-0.25, -0.2) is 4.79 Å². The topological polar surface area (TPSA) is 103 Å². The Morgan fingerprint density at radius 3 is 2.96 bits per heavy atom. The lowest BCUT2D eigenvalue weighted by molar-refractivity contribution is -0.139. The average Bonchev–Trinajstić information content (AvgIpc) is 2.93. The highest BCUT2D eigenvalue weighted by Gasteiger charge is 2.36. The Bertz CT molecular complexity index is 962. The predicted octanol–water partition coefficient (Wildman–Crippen LogP) is 2.22. The van der Waals surface area contributed by atoms with Crippen molar-refractivity contribution in [3.05, 3.63) is 52.7 Å². The van der Waals surface area contributed by atoms with E-state index in [1.807, 2.05) is 31.4 Å². The molecule has 0 fully saturated rings. The zero-order valence-electron chi connectivity index (χ0n) is 14.2. The minimum absolute atomic E-state index is 0.000772. The molecule has 0 radical (unpaired) electrons. The summed E-state index contributed by atoms with van der Waals surface area (Å²) in [6.07, 6.45) is 1.89. The largest absolute Gasteiger partial charge is 0.463 e. The van der Waals surface area contributed by atoms with E-state index in [2.05, 4.69) is 11.2 Å². The van der Waals surface area contributed by atoms with Crippen LogP contribution in [0.3, 0.4) is 0 Å². The van der Waals surface area contributed by atoms with E-state index in [0.717, 1.165) is 16.5 Å². The summed E-state index contributed by atoms with van der Waals surface area (Å²) in [5, 5.41) is 14.9. The van der Waals surface area contributed by atoms with Gasteiger partial charge in [-0.3, -0.25) is 4.68 Å². The number of fused-ring (bicyclic) bond motifs is 1. The Labute approximate surface area is 144 Å². The predicted molar refractivity (Wildman–Crippen MR) is 90.7 cm³/mol. The fraction of sp³-hybridized carbons (Fsp3) is 0.278. The van der Waals surface area contributed by atoms with Gasteiger partial charge >= 0.3 is 5.97 Å². The first-order valence-corrected chi connectivity index (χ1v) is 7.85. The molecule has 1 unspecified atom stereocenters. The minimum Gasteiger partial charge on any atom is -0.463 e. The highest BCUT2D eigenvalue weighted by atomic mass is 16.5. The van der Waals surface area contributed by atoms with Crippen molar-refractivity contribution in [2.75, 3.05) is 6.61 Å². The first-order chi connectivity index (χ1) is 12.0. The van der Waals surface area contributed by atoms with Crippen molar-refractivity contribution >= 4 is 16.9 Å². The molecule has 3 rings (SSSR count). The van der Waals surface area contributed by atoms with Crippen LogP contribution in [-0.4, -0.2) is 22.4 Å². The zero-order valence-corrected chi connectivity index (χ0v) is 14.2. The van der Waals surface area contributed by atoms with Gasteiger partial charge in [-0.05, 0) is 25.5 Å². The number of aryl methyl sites for hydroxylation is 1. The second kappa shape index (κ2) is 6.32. The molecule has 1 atom stereocenters. The standard InChI is InChI=1S/C18H18N4O3/c1-4-24-18(23)15-10(2)25-17(20)13(8-19)16(15)11-5-6-12-9-22(3)21-14(12)7-11/h5-7,9,16H,4,20H2,1-3H3. The molecule has 128 valence electrons. The van der Waals surface area contributed by atoms with Crippen molar-refractivity contribution in [1.29, 1.82) is 5.26 Å². The molecule has 1 aromatic carbocycles. The number of benzene rings is 1. The Morgan fingerprint density at radius 2 is 2.28 bits per heavy atom. The van der Waals surface area contributed by atoms with Crippen molar-refractivity contribution in [3.8, 4) is 6.07 Å². The number of aromatic nitrogens is 2. The molecule has 25 heavy (non-hydrogen) atoms. The van der Waals surface area contributed by atoms with Crippen LogP contribution in [0.1, 0.15) is 25.3 Å². The van der Waals surface area contributed by atoms with E-state index >= 15 is 0 Å². The van der Waals surface area contributed by atoms with Gasteiger partial charge in [0, 0.05) is 18.6 Å². The summed E-state index contributed by atoms with van der Waals surface area (Å²) in [6.45, 7) is 3.59. The second-order valence-corrected chi connectivity index (χ2v) is 5.74. The van der Waals surface area contributed by atoms with Gasteiger partial charge in [0.05, 0.1) is 23.6 Å². The molecule has 0 spiro atoms. The van der Waals surface area contributed by atoms with Gasteiger partial charge in [-0.2, -0.15) is 10.4 Å². The lowest BCUT2D eigenvalue weighted by Gasteiger charge is -2.26. The van der Waals surface area contributed by atoms with Gasteiger partial charge in [-0.15, -0.1) is 0 Å². The molecular formula is C18H18N4O3. The van der Waals surface area contributed by atoms with Crippen LogP contribution in [0.2, 0.25) is 0 Å². The van der Waals surface area contributed by atoms with E-state index in [-0.39, 0.29) is 23.6 Å². The molecule has 0 saturated heterocycles. The summed E-state index contributed by atoms with van der Waals surface area (Å²) in [5.41, 5.74) is 7.85. The van der Waals surface area contributed by atoms with Crippen LogP contribution in [-0.2, 0) is 21.3 Å². The summed E-state index contributed by atoms with van der Waals surface area (Å²) in [5.74, 6) is -0.837. The van der Waals surface area contributed by atoms with Crippen molar-refractivity contribution in [1.82, 2.24) is 9.78 Å². The molecular weight excluding hydrogens is 320 g/mol. The lowest BCUT2D eigenvalue weighted by Crippen LogP contribution is -2.25. The van der Waals surface area contributed by atoms with Gasteiger partial charge in [0.2, 0.25) is 5.88 Å². The smallest absolute Gasteiger partial charge is 0.338 e. The first kappa shape index (κ1) is 16.6. The van der Waals surface area contributed by atoms with Gasteiger partial charge in [0.25, 0.3) is 0 Å². The fourth-order valence-corrected chi connectivity index (χ4v) is 3.02. The quantitative estimate of drug-likeness (QED) is 0.861. The van der Waals surface area contributed by atoms with Crippen molar-refractivity contribution in [3.63, 3.8) is 0 Å². The van der Waals surface area contributed by atoms with Crippen molar-refractivity contribution < 1.29 is 14.3 Å². The monoisotopic (exact) mass is 338 g/mol. The van der Waals surface area contributed by atoms with E-state index in [9.17, 15) is 10.1 Å². The number of carbonyl (C=O) groups excluding carboxylic acids is 1. The van der Waals surface area contributed by atoms with Crippen molar-refractivity contribution in [2.24, 2.45) is 12.8 Å². The molecule has 7 heteroatoms. The molecule has 2 heterocycles. The number of rotatable bonds is 3. The van der Waals surface area contributed by atoms with Crippen molar-refractivity contribution in [2.45, 2.75) is 19.8 Å². The zero-order chi connectivity index (χ0) is 18.1. The highest BCUT2D eigenvalue weighted by Crippen LogP contribution is 2.40. The SMILES string of the molecule is CCOC(=O)C1=C(C)OC(N)=C(C#N)C1c1ccc2cn(C)nc2c1. The number of nitriles is 1. The van der Waals surface area contributed by atoms with E-state index < -0.39 is 11.9 Å². The number of esters is 1. The molecule has 0 amide bonds. The third-order valence-corrected chi connectivity index (χ3v) is 4.08. The highest BCUT2D eigenvalue weighted by molar-refractivity contribution is 5.93. The molecule has 7 nitrogen and oxygen atoms in total. The number of nitrogens with zero attached hydrogens (tertiary/aromatic N) is 3. The third-order valence-electron chi connectivity index (χ3n) is 4.08. The van der Waals surface area contributed by atoms with E-state index in [4.69, 9.17) is 15.2 Å². The second-order valence-electron chi connectivity index (χ2n) is 5.74. The summed E-state index contributed by atoms with van der Waals surface area (Å²) < 4.78 is 12.3. The maximum Gasteiger partial charge on any atom is 0.338 e. The maximum absolute atomic E-state index is 12.5. The molecule has 1 aliphatic heterocycles. The molecule has 0 aliphatic carbocycles. The number of ether oxygens (including phenoxy) is 2. The van der Waals surface area contributed by atoms with Gasteiger partial charge in [0.1, 0.15) is 17.4 Å². The normalized spacial score (nSPS) is 17.4. The molecule has 1 aromatic heterocycles. The van der Waals surface area contributed by atoms with Crippen LogP contribution < -0.4 is 5.73 Å². The third kappa shape index (κ3) is 2.83. The maximum atomic E-state index is 12.5. The van der Waals surface area contributed by atoms with E-state index in [1.54, 1.807) is 18.5 Å². The van der Waals surface area contributed by atoms with Crippen LogP contribution in [0, 0.1) is 11.3 Å². The van der Waals surface area contributed by atoms with Gasteiger partial charge in [0.15, 0.2) is 0 Å². The average molecular weight is 338 g/mol. The number of allylic oxidation sites excluding steroid dienone is 2. The van der Waals surface area contributed by atoms with Crippen LogP contribution in [0.25, 0.3) is 10.9 Å². The molecule has 0 saturated carbocycles. The Kier molecular flexibility index (Phi) is 4.19. The summed E-state index contributed by atoms with van der Waals surface area (Å²) >= 11 is 0. The fourth-order valence-electron chi connectivity index (χ4n) is 3.02. The molecule has 1 aliphatic rings. The van der Waals surface area contributed by atoms with Crippen LogP contribution in [0.15, 0.2) is 47.2 Å². The molecule has 2 aromatic rings. The molecule has 2 N–H and O–H groups in total. The van der Waals surface area contributed by atoms with Gasteiger partial charge in [-0.1, -0.05) is 12.1 Å². The van der Waals surface area contributed by atoms with E-state index in [0.29, 0.717) is 5.76 Å². The summed E-state index contributed by atoms with van der Waals surface area (Å²) in [7, 11) is 1.83. The summed E-state index contributed by atoms with van der Waals surface area (Å²) in [6, 6.07) is 7.67. The Balaban J connectivity index is 2.19. The number of carbonyl (C=O) groups is 1. The first-order valence-electron chi connectivity index (χ1n) is 7.85. The Morgan fingerprint density at radius 1 is 1.52 bits per heavy atom. The van der Waals surface area contributed by atoms with Crippen LogP contribution >= 0.6 is 0 Å². The van der Waals surface area contributed by atoms with E-state index in [1.165, 1.54) is 0 Å². The lowest BCUT2D eigenvalue weighted by atomic mass is 9.83. The molecule has 0 bridgehead atoms. The number of nitrogens with two attached hydrogens (primary N) is 1. The van der Waals surface area contributed by atoms with Crippen LogP contribution in [0.5, 0.6) is 0 Å². The number of hydrogen-bond donors (Lipinski definition) is 1.